The first-order valence-electron chi connectivity index (χ1n) is 8.87. The fourth-order valence-electron chi connectivity index (χ4n) is 2.74. The van der Waals surface area contributed by atoms with Crippen molar-refractivity contribution in [3.63, 3.8) is 0 Å². The quantitative estimate of drug-likeness (QED) is 0.635. The van der Waals surface area contributed by atoms with E-state index in [-0.39, 0.29) is 18.0 Å². The molecular formula is C21H19F2N3O2S. The SMILES string of the molecule is Cc1cccc(CNC(=O)c2sc(CC(=O)Nc3ccc(F)c(F)c3)nc2C)c1. The molecule has 29 heavy (non-hydrogen) atoms. The van der Waals surface area contributed by atoms with E-state index in [4.69, 9.17) is 0 Å². The van der Waals surface area contributed by atoms with Crippen molar-refractivity contribution in [3.05, 3.63) is 80.8 Å². The smallest absolute Gasteiger partial charge is 0.263 e. The van der Waals surface area contributed by atoms with Gasteiger partial charge in [-0.2, -0.15) is 0 Å². The summed E-state index contributed by atoms with van der Waals surface area (Å²) in [5.41, 5.74) is 2.79. The molecule has 0 aliphatic carbocycles. The van der Waals surface area contributed by atoms with E-state index in [9.17, 15) is 18.4 Å². The summed E-state index contributed by atoms with van der Waals surface area (Å²) in [5.74, 6) is -2.72. The lowest BCUT2D eigenvalue weighted by Crippen LogP contribution is -2.22. The number of thiazole rings is 1. The number of carbonyl (C=O) groups is 2. The van der Waals surface area contributed by atoms with E-state index in [1.807, 2.05) is 31.2 Å². The van der Waals surface area contributed by atoms with Gasteiger partial charge in [0.15, 0.2) is 11.6 Å². The zero-order valence-corrected chi connectivity index (χ0v) is 16.7. The van der Waals surface area contributed by atoms with Crippen LogP contribution in [0.25, 0.3) is 0 Å². The second-order valence-corrected chi connectivity index (χ2v) is 7.63. The van der Waals surface area contributed by atoms with Crippen molar-refractivity contribution in [2.24, 2.45) is 0 Å². The Kier molecular flexibility index (Phi) is 6.33. The van der Waals surface area contributed by atoms with Gasteiger partial charge in [-0.25, -0.2) is 13.8 Å². The van der Waals surface area contributed by atoms with E-state index in [0.29, 0.717) is 22.1 Å². The third-order valence-electron chi connectivity index (χ3n) is 4.10. The number of aromatic nitrogens is 1. The monoisotopic (exact) mass is 415 g/mol. The molecule has 0 saturated heterocycles. The van der Waals surface area contributed by atoms with Gasteiger partial charge < -0.3 is 10.6 Å². The summed E-state index contributed by atoms with van der Waals surface area (Å²) >= 11 is 1.13. The third kappa shape index (κ3) is 5.45. The van der Waals surface area contributed by atoms with Gasteiger partial charge in [-0.1, -0.05) is 29.8 Å². The fourth-order valence-corrected chi connectivity index (χ4v) is 3.72. The molecule has 2 aromatic carbocycles. The van der Waals surface area contributed by atoms with Gasteiger partial charge in [0.1, 0.15) is 9.88 Å². The number of aryl methyl sites for hydroxylation is 2. The Bertz CT molecular complexity index is 1070. The lowest BCUT2D eigenvalue weighted by molar-refractivity contribution is -0.115. The summed E-state index contributed by atoms with van der Waals surface area (Å²) in [6.07, 6.45) is -0.0737. The molecule has 1 heterocycles. The zero-order chi connectivity index (χ0) is 21.0. The van der Waals surface area contributed by atoms with E-state index < -0.39 is 17.5 Å². The molecule has 0 radical (unpaired) electrons. The number of hydrogen-bond donors (Lipinski definition) is 2. The molecule has 150 valence electrons. The third-order valence-corrected chi connectivity index (χ3v) is 5.25. The van der Waals surface area contributed by atoms with Crippen LogP contribution in [0.5, 0.6) is 0 Å². The molecule has 0 atom stereocenters. The Labute approximate surface area is 170 Å². The van der Waals surface area contributed by atoms with Crippen LogP contribution in [-0.4, -0.2) is 16.8 Å². The average molecular weight is 415 g/mol. The van der Waals surface area contributed by atoms with E-state index in [1.165, 1.54) is 6.07 Å². The Morgan fingerprint density at radius 1 is 1.07 bits per heavy atom. The van der Waals surface area contributed by atoms with Crippen LogP contribution in [0, 0.1) is 25.5 Å². The van der Waals surface area contributed by atoms with Crippen molar-refractivity contribution >= 4 is 28.8 Å². The number of amides is 2. The largest absolute Gasteiger partial charge is 0.347 e. The second-order valence-electron chi connectivity index (χ2n) is 6.55. The summed E-state index contributed by atoms with van der Waals surface area (Å²) in [6.45, 7) is 4.08. The van der Waals surface area contributed by atoms with Crippen LogP contribution in [0.15, 0.2) is 42.5 Å². The van der Waals surface area contributed by atoms with Crippen molar-refractivity contribution in [1.29, 1.82) is 0 Å². The molecule has 1 aromatic heterocycles. The van der Waals surface area contributed by atoms with E-state index in [1.54, 1.807) is 6.92 Å². The normalized spacial score (nSPS) is 10.6. The minimum Gasteiger partial charge on any atom is -0.347 e. The highest BCUT2D eigenvalue weighted by Crippen LogP contribution is 2.20. The van der Waals surface area contributed by atoms with Crippen molar-refractivity contribution in [1.82, 2.24) is 10.3 Å². The van der Waals surface area contributed by atoms with Gasteiger partial charge in [-0.15, -0.1) is 11.3 Å². The first-order valence-corrected chi connectivity index (χ1v) is 9.68. The van der Waals surface area contributed by atoms with Crippen LogP contribution in [0.3, 0.4) is 0 Å². The maximum absolute atomic E-state index is 13.2. The topological polar surface area (TPSA) is 71.1 Å². The molecule has 3 rings (SSSR count). The maximum Gasteiger partial charge on any atom is 0.263 e. The molecule has 0 saturated carbocycles. The van der Waals surface area contributed by atoms with E-state index in [0.717, 1.165) is 34.6 Å². The van der Waals surface area contributed by atoms with Crippen LogP contribution in [0.4, 0.5) is 14.5 Å². The number of nitrogens with one attached hydrogen (secondary N) is 2. The Hall–Kier alpha value is -3.13. The highest BCUT2D eigenvalue weighted by molar-refractivity contribution is 7.13. The minimum atomic E-state index is -1.04. The Morgan fingerprint density at radius 3 is 2.59 bits per heavy atom. The first kappa shape index (κ1) is 20.6. The van der Waals surface area contributed by atoms with Crippen LogP contribution in [0.1, 0.15) is 31.5 Å². The summed E-state index contributed by atoms with van der Waals surface area (Å²) in [5, 5.41) is 5.81. The minimum absolute atomic E-state index is 0.0737. The summed E-state index contributed by atoms with van der Waals surface area (Å²) in [6, 6.07) is 11.0. The zero-order valence-electron chi connectivity index (χ0n) is 15.9. The van der Waals surface area contributed by atoms with Gasteiger partial charge in [0, 0.05) is 18.3 Å². The fraction of sp³-hybridized carbons (Fsp3) is 0.190. The number of anilines is 1. The van der Waals surface area contributed by atoms with Crippen molar-refractivity contribution < 1.29 is 18.4 Å². The molecule has 0 bridgehead atoms. The van der Waals surface area contributed by atoms with Crippen molar-refractivity contribution in [3.8, 4) is 0 Å². The van der Waals surface area contributed by atoms with E-state index >= 15 is 0 Å². The molecular weight excluding hydrogens is 396 g/mol. The number of halogens is 2. The van der Waals surface area contributed by atoms with Crippen molar-refractivity contribution in [2.45, 2.75) is 26.8 Å². The van der Waals surface area contributed by atoms with Gasteiger partial charge in [0.05, 0.1) is 12.1 Å². The van der Waals surface area contributed by atoms with Gasteiger partial charge >= 0.3 is 0 Å². The van der Waals surface area contributed by atoms with Crippen molar-refractivity contribution in [2.75, 3.05) is 5.32 Å². The van der Waals surface area contributed by atoms with Gasteiger partial charge in [0.2, 0.25) is 5.91 Å². The van der Waals surface area contributed by atoms with Crippen LogP contribution in [0.2, 0.25) is 0 Å². The molecule has 2 N–H and O–H groups in total. The highest BCUT2D eigenvalue weighted by atomic mass is 32.1. The average Bonchev–Trinajstić information content (AvgIpc) is 3.03. The van der Waals surface area contributed by atoms with Crippen LogP contribution < -0.4 is 10.6 Å². The molecule has 0 fully saturated rings. The van der Waals surface area contributed by atoms with Crippen LogP contribution >= 0.6 is 11.3 Å². The molecule has 3 aromatic rings. The molecule has 0 aliphatic heterocycles. The summed E-state index contributed by atoms with van der Waals surface area (Å²) < 4.78 is 26.2. The number of carbonyl (C=O) groups excluding carboxylic acids is 2. The first-order chi connectivity index (χ1) is 13.8. The Morgan fingerprint density at radius 2 is 1.86 bits per heavy atom. The maximum atomic E-state index is 13.2. The lowest BCUT2D eigenvalue weighted by atomic mass is 10.1. The number of hydrogen-bond acceptors (Lipinski definition) is 4. The molecule has 0 spiro atoms. The van der Waals surface area contributed by atoms with Gasteiger partial charge in [-0.3, -0.25) is 9.59 Å². The summed E-state index contributed by atoms with van der Waals surface area (Å²) in [7, 11) is 0. The number of rotatable bonds is 6. The highest BCUT2D eigenvalue weighted by Gasteiger charge is 2.17. The number of benzene rings is 2. The molecule has 5 nitrogen and oxygen atoms in total. The predicted octanol–water partition coefficient (Wildman–Crippen LogP) is 4.15. The van der Waals surface area contributed by atoms with Crippen LogP contribution in [-0.2, 0) is 17.8 Å². The van der Waals surface area contributed by atoms with Gasteiger partial charge in [-0.05, 0) is 31.5 Å². The molecule has 0 aliphatic rings. The molecule has 2 amide bonds. The lowest BCUT2D eigenvalue weighted by Gasteiger charge is -2.05. The predicted molar refractivity (Wildman–Crippen MR) is 108 cm³/mol. The standard InChI is InChI=1S/C21H19F2N3O2S/c1-12-4-3-5-14(8-12)11-24-21(28)20-13(2)25-19(29-20)10-18(27)26-15-6-7-16(22)17(23)9-15/h3-9H,10-11H2,1-2H3,(H,24,28)(H,26,27). The van der Waals surface area contributed by atoms with Gasteiger partial charge in [0.25, 0.3) is 5.91 Å². The Balaban J connectivity index is 1.60. The molecule has 8 heteroatoms. The molecule has 0 unspecified atom stereocenters. The summed E-state index contributed by atoms with van der Waals surface area (Å²) in [4.78, 5) is 29.3. The number of nitrogens with zero attached hydrogens (tertiary/aromatic N) is 1. The van der Waals surface area contributed by atoms with E-state index in [2.05, 4.69) is 15.6 Å². The second kappa shape index (κ2) is 8.91.